The Labute approximate surface area is 163 Å². The van der Waals surface area contributed by atoms with Crippen LogP contribution in [0.5, 0.6) is 0 Å². The quantitative estimate of drug-likeness (QED) is 0.425. The standard InChI is InChI=1S/C15H21N7S.HI/c1-12-20-13(11-23-12)3-6-17-14(16)21-7-9-22(10-8-21)15-18-4-2-5-19-15;/h2,4-5,11H,3,6-10H2,1H3,(H2,16,17);1H. The third-order valence-electron chi connectivity index (χ3n) is 3.75. The van der Waals surface area contributed by atoms with Crippen LogP contribution in [0.25, 0.3) is 0 Å². The van der Waals surface area contributed by atoms with E-state index in [0.29, 0.717) is 12.5 Å². The summed E-state index contributed by atoms with van der Waals surface area (Å²) in [5.41, 5.74) is 7.20. The van der Waals surface area contributed by atoms with E-state index >= 15 is 0 Å². The number of rotatable bonds is 4. The summed E-state index contributed by atoms with van der Waals surface area (Å²) >= 11 is 1.67. The van der Waals surface area contributed by atoms with E-state index in [2.05, 4.69) is 35.1 Å². The van der Waals surface area contributed by atoms with Crippen molar-refractivity contribution in [2.75, 3.05) is 37.6 Å². The summed E-state index contributed by atoms with van der Waals surface area (Å²) in [6.45, 7) is 6.07. The van der Waals surface area contributed by atoms with Gasteiger partial charge in [-0.15, -0.1) is 35.3 Å². The van der Waals surface area contributed by atoms with E-state index in [1.54, 1.807) is 23.7 Å². The highest BCUT2D eigenvalue weighted by Gasteiger charge is 2.19. The van der Waals surface area contributed by atoms with Gasteiger partial charge < -0.3 is 15.5 Å². The number of piperazine rings is 1. The number of aromatic nitrogens is 3. The van der Waals surface area contributed by atoms with Crippen LogP contribution in [-0.2, 0) is 6.42 Å². The van der Waals surface area contributed by atoms with Gasteiger partial charge in [0.05, 0.1) is 10.7 Å². The normalized spacial score (nSPS) is 15.3. The second-order valence-electron chi connectivity index (χ2n) is 5.37. The molecule has 130 valence electrons. The summed E-state index contributed by atoms with van der Waals surface area (Å²) in [6, 6.07) is 1.83. The number of halogens is 1. The van der Waals surface area contributed by atoms with Crippen molar-refractivity contribution >= 4 is 47.2 Å². The first-order valence-corrected chi connectivity index (χ1v) is 8.58. The van der Waals surface area contributed by atoms with Gasteiger partial charge in [0.25, 0.3) is 0 Å². The smallest absolute Gasteiger partial charge is 0.225 e. The molecule has 3 rings (SSSR count). The fraction of sp³-hybridized carbons (Fsp3) is 0.467. The third-order valence-corrected chi connectivity index (χ3v) is 4.57. The van der Waals surface area contributed by atoms with Gasteiger partial charge in [-0.2, -0.15) is 0 Å². The topological polar surface area (TPSA) is 83.5 Å². The average Bonchev–Trinajstić information content (AvgIpc) is 3.01. The van der Waals surface area contributed by atoms with Crippen molar-refractivity contribution in [1.82, 2.24) is 19.9 Å². The van der Waals surface area contributed by atoms with Crippen LogP contribution in [0.1, 0.15) is 10.7 Å². The van der Waals surface area contributed by atoms with Crippen LogP contribution in [0.2, 0.25) is 0 Å². The number of hydrogen-bond acceptors (Lipinski definition) is 6. The summed E-state index contributed by atoms with van der Waals surface area (Å²) < 4.78 is 0. The lowest BCUT2D eigenvalue weighted by Crippen LogP contribution is -2.51. The van der Waals surface area contributed by atoms with Crippen LogP contribution in [-0.4, -0.2) is 58.5 Å². The Morgan fingerprint density at radius 3 is 2.58 bits per heavy atom. The van der Waals surface area contributed by atoms with Gasteiger partial charge in [0.15, 0.2) is 5.96 Å². The molecule has 1 saturated heterocycles. The molecule has 0 aromatic carbocycles. The summed E-state index contributed by atoms with van der Waals surface area (Å²) in [4.78, 5) is 21.8. The zero-order chi connectivity index (χ0) is 16.1. The zero-order valence-electron chi connectivity index (χ0n) is 13.6. The first kappa shape index (κ1) is 18.8. The molecule has 1 aliphatic rings. The molecule has 1 fully saturated rings. The number of aryl methyl sites for hydroxylation is 1. The van der Waals surface area contributed by atoms with Gasteiger partial charge >= 0.3 is 0 Å². The molecule has 24 heavy (non-hydrogen) atoms. The number of nitrogens with zero attached hydrogens (tertiary/aromatic N) is 6. The Kier molecular flexibility index (Phi) is 7.16. The largest absolute Gasteiger partial charge is 0.370 e. The Hall–Kier alpha value is -1.49. The molecule has 0 saturated carbocycles. The summed E-state index contributed by atoms with van der Waals surface area (Å²) in [5.74, 6) is 1.40. The van der Waals surface area contributed by atoms with Crippen molar-refractivity contribution in [1.29, 1.82) is 0 Å². The van der Waals surface area contributed by atoms with Gasteiger partial charge in [-0.1, -0.05) is 0 Å². The number of nitrogens with two attached hydrogens (primary N) is 1. The van der Waals surface area contributed by atoms with E-state index in [1.165, 1.54) is 0 Å². The van der Waals surface area contributed by atoms with Gasteiger partial charge in [0, 0.05) is 56.9 Å². The first-order chi connectivity index (χ1) is 11.2. The number of thiazole rings is 1. The zero-order valence-corrected chi connectivity index (χ0v) is 16.8. The Balaban J connectivity index is 0.00000208. The predicted octanol–water partition coefficient (Wildman–Crippen LogP) is 1.54. The predicted molar refractivity (Wildman–Crippen MR) is 108 cm³/mol. The molecular weight excluding hydrogens is 437 g/mol. The van der Waals surface area contributed by atoms with Crippen LogP contribution in [0.4, 0.5) is 5.95 Å². The fourth-order valence-corrected chi connectivity index (χ4v) is 3.15. The highest BCUT2D eigenvalue weighted by Crippen LogP contribution is 2.10. The maximum absolute atomic E-state index is 6.11. The second kappa shape index (κ2) is 9.11. The monoisotopic (exact) mass is 459 g/mol. The van der Waals surface area contributed by atoms with E-state index in [-0.39, 0.29) is 24.0 Å². The van der Waals surface area contributed by atoms with E-state index in [1.807, 2.05) is 13.0 Å². The summed E-state index contributed by atoms with van der Waals surface area (Å²) in [7, 11) is 0. The van der Waals surface area contributed by atoms with Crippen LogP contribution >= 0.6 is 35.3 Å². The van der Waals surface area contributed by atoms with Gasteiger partial charge in [0.1, 0.15) is 0 Å². The average molecular weight is 459 g/mol. The van der Waals surface area contributed by atoms with Gasteiger partial charge in [-0.05, 0) is 13.0 Å². The number of anilines is 1. The molecule has 9 heteroatoms. The minimum absolute atomic E-state index is 0. The molecule has 2 N–H and O–H groups in total. The van der Waals surface area contributed by atoms with E-state index in [9.17, 15) is 0 Å². The van der Waals surface area contributed by atoms with Crippen LogP contribution in [0, 0.1) is 6.92 Å². The van der Waals surface area contributed by atoms with E-state index in [0.717, 1.165) is 49.2 Å². The molecule has 7 nitrogen and oxygen atoms in total. The molecule has 2 aromatic heterocycles. The number of hydrogen-bond donors (Lipinski definition) is 1. The maximum Gasteiger partial charge on any atom is 0.225 e. The Morgan fingerprint density at radius 1 is 1.25 bits per heavy atom. The molecule has 0 radical (unpaired) electrons. The maximum atomic E-state index is 6.11. The van der Waals surface area contributed by atoms with Gasteiger partial charge in [-0.25, -0.2) is 15.0 Å². The van der Waals surface area contributed by atoms with Crippen molar-refractivity contribution in [3.8, 4) is 0 Å². The molecule has 3 heterocycles. The number of guanidine groups is 1. The molecule has 1 aliphatic heterocycles. The summed E-state index contributed by atoms with van der Waals surface area (Å²) in [6.07, 6.45) is 4.37. The summed E-state index contributed by atoms with van der Waals surface area (Å²) in [5, 5.41) is 3.18. The highest BCUT2D eigenvalue weighted by molar-refractivity contribution is 14.0. The first-order valence-electron chi connectivity index (χ1n) is 7.70. The van der Waals surface area contributed by atoms with Gasteiger partial charge in [-0.3, -0.25) is 4.99 Å². The fourth-order valence-electron chi connectivity index (χ4n) is 2.50. The molecule has 2 aromatic rings. The van der Waals surface area contributed by atoms with Crippen LogP contribution in [0.15, 0.2) is 28.8 Å². The third kappa shape index (κ3) is 5.00. The molecule has 0 aliphatic carbocycles. The van der Waals surface area contributed by atoms with Crippen LogP contribution < -0.4 is 10.6 Å². The van der Waals surface area contributed by atoms with Crippen molar-refractivity contribution in [2.24, 2.45) is 10.7 Å². The SMILES string of the molecule is Cc1nc(CCN=C(N)N2CCN(c3ncccn3)CC2)cs1.I. The highest BCUT2D eigenvalue weighted by atomic mass is 127. The van der Waals surface area contributed by atoms with Gasteiger partial charge in [0.2, 0.25) is 5.95 Å². The van der Waals surface area contributed by atoms with E-state index < -0.39 is 0 Å². The minimum Gasteiger partial charge on any atom is -0.370 e. The second-order valence-corrected chi connectivity index (χ2v) is 6.43. The van der Waals surface area contributed by atoms with Crippen molar-refractivity contribution < 1.29 is 0 Å². The van der Waals surface area contributed by atoms with Crippen molar-refractivity contribution in [3.63, 3.8) is 0 Å². The number of aliphatic imine (C=N–C) groups is 1. The molecule has 0 unspecified atom stereocenters. The lowest BCUT2D eigenvalue weighted by Gasteiger charge is -2.35. The Morgan fingerprint density at radius 2 is 1.96 bits per heavy atom. The lowest BCUT2D eigenvalue weighted by atomic mass is 10.3. The van der Waals surface area contributed by atoms with E-state index in [4.69, 9.17) is 5.73 Å². The molecule has 0 spiro atoms. The minimum atomic E-state index is 0. The molecule has 0 amide bonds. The van der Waals surface area contributed by atoms with Crippen molar-refractivity contribution in [3.05, 3.63) is 34.5 Å². The van der Waals surface area contributed by atoms with Crippen molar-refractivity contribution in [2.45, 2.75) is 13.3 Å². The molecular formula is C15H22IN7S. The molecule has 0 atom stereocenters. The molecule has 0 bridgehead atoms. The lowest BCUT2D eigenvalue weighted by molar-refractivity contribution is 0.378. The van der Waals surface area contributed by atoms with Crippen LogP contribution in [0.3, 0.4) is 0 Å². The Bertz CT molecular complexity index is 653.